The normalized spacial score (nSPS) is 13.3. The zero-order chi connectivity index (χ0) is 15.8. The molecule has 1 atom stereocenters. The van der Waals surface area contributed by atoms with E-state index in [9.17, 15) is 17.6 Å². The molecule has 0 bridgehead atoms. The molecule has 0 saturated carbocycles. The van der Waals surface area contributed by atoms with E-state index in [1.54, 1.807) is 18.2 Å². The van der Waals surface area contributed by atoms with Crippen LogP contribution in [0.25, 0.3) is 0 Å². The van der Waals surface area contributed by atoms with Crippen LogP contribution in [0, 0.1) is 5.82 Å². The van der Waals surface area contributed by atoms with Crippen LogP contribution in [0.4, 0.5) is 17.6 Å². The SMILES string of the molecule is NC(c1ccc(F)c(C(F)(F)F)c1)c1ccc(Br)cc1Br. The Kier molecular flexibility index (Phi) is 4.75. The van der Waals surface area contributed by atoms with E-state index >= 15 is 0 Å². The maximum atomic E-state index is 13.3. The lowest BCUT2D eigenvalue weighted by Crippen LogP contribution is -2.15. The molecule has 2 rings (SSSR count). The van der Waals surface area contributed by atoms with Gasteiger partial charge < -0.3 is 5.73 Å². The zero-order valence-corrected chi connectivity index (χ0v) is 13.6. The van der Waals surface area contributed by atoms with Gasteiger partial charge in [-0.3, -0.25) is 0 Å². The molecule has 2 aromatic rings. The lowest BCUT2D eigenvalue weighted by Gasteiger charge is -2.17. The van der Waals surface area contributed by atoms with Crippen LogP contribution >= 0.6 is 31.9 Å². The molecule has 0 fully saturated rings. The van der Waals surface area contributed by atoms with Crippen molar-refractivity contribution in [3.05, 3.63) is 67.9 Å². The predicted octanol–water partition coefficient (Wildman–Crippen LogP) is 5.42. The Labute approximate surface area is 135 Å². The zero-order valence-electron chi connectivity index (χ0n) is 10.4. The minimum atomic E-state index is -4.75. The van der Waals surface area contributed by atoms with Crippen molar-refractivity contribution in [3.63, 3.8) is 0 Å². The predicted molar refractivity (Wildman–Crippen MR) is 79.3 cm³/mol. The van der Waals surface area contributed by atoms with Gasteiger partial charge >= 0.3 is 6.18 Å². The van der Waals surface area contributed by atoms with E-state index in [0.717, 1.165) is 16.6 Å². The van der Waals surface area contributed by atoms with Gasteiger partial charge in [-0.2, -0.15) is 13.2 Å². The molecule has 0 aliphatic carbocycles. The first-order valence-electron chi connectivity index (χ1n) is 5.77. The fourth-order valence-corrected chi connectivity index (χ4v) is 3.18. The molecule has 1 nitrogen and oxygen atoms in total. The Morgan fingerprint density at radius 3 is 2.24 bits per heavy atom. The average Bonchev–Trinajstić information content (AvgIpc) is 2.37. The lowest BCUT2D eigenvalue weighted by molar-refractivity contribution is -0.140. The van der Waals surface area contributed by atoms with Gasteiger partial charge in [-0.1, -0.05) is 44.0 Å². The van der Waals surface area contributed by atoms with Gasteiger partial charge in [-0.15, -0.1) is 0 Å². The van der Waals surface area contributed by atoms with Crippen LogP contribution in [0.2, 0.25) is 0 Å². The molecule has 0 aliphatic heterocycles. The summed E-state index contributed by atoms with van der Waals surface area (Å²) in [6.07, 6.45) is -4.75. The van der Waals surface area contributed by atoms with Crippen LogP contribution in [0.15, 0.2) is 45.3 Å². The summed E-state index contributed by atoms with van der Waals surface area (Å²) in [5.74, 6) is -1.31. The molecular formula is C14H9Br2F4N. The number of hydrogen-bond donors (Lipinski definition) is 1. The Balaban J connectivity index is 2.46. The molecule has 0 aliphatic rings. The minimum absolute atomic E-state index is 0.187. The van der Waals surface area contributed by atoms with Gasteiger partial charge in [0.15, 0.2) is 0 Å². The summed E-state index contributed by atoms with van der Waals surface area (Å²) < 4.78 is 52.9. The number of hydrogen-bond acceptors (Lipinski definition) is 1. The Hall–Kier alpha value is -0.920. The largest absolute Gasteiger partial charge is 0.419 e. The van der Waals surface area contributed by atoms with Gasteiger partial charge in [0.2, 0.25) is 0 Å². The van der Waals surface area contributed by atoms with Gasteiger partial charge in [-0.05, 0) is 35.4 Å². The monoisotopic (exact) mass is 425 g/mol. The van der Waals surface area contributed by atoms with Crippen LogP contribution in [-0.2, 0) is 6.18 Å². The topological polar surface area (TPSA) is 26.0 Å². The quantitative estimate of drug-likeness (QED) is 0.637. The molecule has 0 aromatic heterocycles. The van der Waals surface area contributed by atoms with Crippen molar-refractivity contribution in [3.8, 4) is 0 Å². The molecule has 21 heavy (non-hydrogen) atoms. The second-order valence-corrected chi connectivity index (χ2v) is 6.15. The standard InChI is InChI=1S/C14H9Br2F4N/c15-8-2-3-9(11(16)6-8)13(21)7-1-4-12(17)10(5-7)14(18,19)20/h1-6,13H,21H2. The van der Waals surface area contributed by atoms with Crippen molar-refractivity contribution in [2.24, 2.45) is 5.73 Å². The highest BCUT2D eigenvalue weighted by Gasteiger charge is 2.34. The van der Waals surface area contributed by atoms with Crippen LogP contribution < -0.4 is 5.73 Å². The van der Waals surface area contributed by atoms with Gasteiger partial charge in [0.25, 0.3) is 0 Å². The van der Waals surface area contributed by atoms with Crippen molar-refractivity contribution < 1.29 is 17.6 Å². The van der Waals surface area contributed by atoms with Crippen LogP contribution in [0.1, 0.15) is 22.7 Å². The smallest absolute Gasteiger partial charge is 0.320 e. The fourth-order valence-electron chi connectivity index (χ4n) is 1.89. The number of halogens is 6. The first kappa shape index (κ1) is 16.5. The van der Waals surface area contributed by atoms with Gasteiger partial charge in [0.05, 0.1) is 11.6 Å². The third kappa shape index (κ3) is 3.64. The Bertz CT molecular complexity index is 671. The van der Waals surface area contributed by atoms with Gasteiger partial charge in [0.1, 0.15) is 5.82 Å². The minimum Gasteiger partial charge on any atom is -0.320 e. The molecule has 112 valence electrons. The molecule has 7 heteroatoms. The van der Waals surface area contributed by atoms with E-state index in [2.05, 4.69) is 31.9 Å². The highest BCUT2D eigenvalue weighted by atomic mass is 79.9. The van der Waals surface area contributed by atoms with E-state index in [1.165, 1.54) is 6.07 Å². The molecule has 0 amide bonds. The summed E-state index contributed by atoms with van der Waals surface area (Å²) in [5, 5.41) is 0. The summed E-state index contributed by atoms with van der Waals surface area (Å²) in [5.41, 5.74) is 5.47. The second kappa shape index (κ2) is 6.06. The lowest BCUT2D eigenvalue weighted by atomic mass is 9.97. The Morgan fingerprint density at radius 1 is 1.00 bits per heavy atom. The maximum Gasteiger partial charge on any atom is 0.419 e. The van der Waals surface area contributed by atoms with Crippen molar-refractivity contribution in [1.82, 2.24) is 0 Å². The summed E-state index contributed by atoms with van der Waals surface area (Å²) >= 11 is 6.59. The van der Waals surface area contributed by atoms with Gasteiger partial charge in [-0.25, -0.2) is 4.39 Å². The third-order valence-electron chi connectivity index (χ3n) is 2.95. The fraction of sp³-hybridized carbons (Fsp3) is 0.143. The molecule has 0 spiro atoms. The first-order chi connectivity index (χ1) is 9.70. The maximum absolute atomic E-state index is 13.3. The van der Waals surface area contributed by atoms with Gasteiger partial charge in [0, 0.05) is 8.95 Å². The molecule has 2 N–H and O–H groups in total. The number of benzene rings is 2. The van der Waals surface area contributed by atoms with Crippen LogP contribution in [0.3, 0.4) is 0 Å². The van der Waals surface area contributed by atoms with Crippen molar-refractivity contribution in [1.29, 1.82) is 0 Å². The molecule has 0 saturated heterocycles. The molecule has 1 unspecified atom stereocenters. The molecular weight excluding hydrogens is 418 g/mol. The summed E-state index contributed by atoms with van der Waals surface area (Å²) in [6, 6.07) is 7.14. The highest BCUT2D eigenvalue weighted by Crippen LogP contribution is 2.35. The van der Waals surface area contributed by atoms with Crippen molar-refractivity contribution >= 4 is 31.9 Å². The van der Waals surface area contributed by atoms with Crippen molar-refractivity contribution in [2.45, 2.75) is 12.2 Å². The summed E-state index contributed by atoms with van der Waals surface area (Å²) in [6.45, 7) is 0. The molecule has 2 aromatic carbocycles. The Morgan fingerprint density at radius 2 is 1.67 bits per heavy atom. The third-order valence-corrected chi connectivity index (χ3v) is 4.13. The van der Waals surface area contributed by atoms with Crippen LogP contribution in [-0.4, -0.2) is 0 Å². The number of alkyl halides is 3. The first-order valence-corrected chi connectivity index (χ1v) is 7.36. The van der Waals surface area contributed by atoms with Crippen molar-refractivity contribution in [2.75, 3.05) is 0 Å². The van der Waals surface area contributed by atoms with E-state index in [-0.39, 0.29) is 5.56 Å². The summed E-state index contributed by atoms with van der Waals surface area (Å²) in [7, 11) is 0. The number of nitrogens with two attached hydrogens (primary N) is 1. The van der Waals surface area contributed by atoms with E-state index in [0.29, 0.717) is 10.0 Å². The number of rotatable bonds is 2. The van der Waals surface area contributed by atoms with E-state index in [4.69, 9.17) is 5.73 Å². The summed E-state index contributed by atoms with van der Waals surface area (Å²) in [4.78, 5) is 0. The average molecular weight is 427 g/mol. The molecule has 0 heterocycles. The van der Waals surface area contributed by atoms with E-state index < -0.39 is 23.6 Å². The van der Waals surface area contributed by atoms with E-state index in [1.807, 2.05) is 0 Å². The second-order valence-electron chi connectivity index (χ2n) is 4.38. The molecule has 0 radical (unpaired) electrons. The highest BCUT2D eigenvalue weighted by molar-refractivity contribution is 9.11. The van der Waals surface area contributed by atoms with Crippen LogP contribution in [0.5, 0.6) is 0 Å².